The van der Waals surface area contributed by atoms with Crippen LogP contribution in [0.2, 0.25) is 5.02 Å². The third-order valence-electron chi connectivity index (χ3n) is 2.98. The Morgan fingerprint density at radius 2 is 2.14 bits per heavy atom. The Hall–Kier alpha value is -2.05. The van der Waals surface area contributed by atoms with Crippen molar-refractivity contribution in [3.8, 4) is 0 Å². The van der Waals surface area contributed by atoms with Crippen LogP contribution >= 0.6 is 22.9 Å². The molecule has 0 aliphatic heterocycles. The summed E-state index contributed by atoms with van der Waals surface area (Å²) < 4.78 is 5.00. The van der Waals surface area contributed by atoms with Crippen molar-refractivity contribution in [3.05, 3.63) is 51.2 Å². The van der Waals surface area contributed by atoms with Crippen LogP contribution in [0.25, 0.3) is 0 Å². The maximum Gasteiger partial charge on any atom is 0.338 e. The maximum absolute atomic E-state index is 11.9. The molecule has 1 heterocycles. The predicted molar refractivity (Wildman–Crippen MR) is 86.9 cm³/mol. The molecule has 5 nitrogen and oxygen atoms in total. The average Bonchev–Trinajstić information content (AvgIpc) is 3.00. The van der Waals surface area contributed by atoms with E-state index in [9.17, 15) is 9.59 Å². The number of benzene rings is 1. The van der Waals surface area contributed by atoms with Crippen LogP contribution in [0.3, 0.4) is 0 Å². The first-order chi connectivity index (χ1) is 10.5. The lowest BCUT2D eigenvalue weighted by Crippen LogP contribution is -2.30. The highest BCUT2D eigenvalue weighted by Crippen LogP contribution is 2.19. The Morgan fingerprint density at radius 1 is 1.36 bits per heavy atom. The number of carbonyl (C=O) groups excluding carboxylic acids is 2. The zero-order chi connectivity index (χ0) is 16.1. The molecule has 0 saturated heterocycles. The van der Waals surface area contributed by atoms with Gasteiger partial charge in [-0.2, -0.15) is 11.3 Å². The number of nitrogens with two attached hydrogens (primary N) is 1. The minimum Gasteiger partial charge on any atom is -0.452 e. The van der Waals surface area contributed by atoms with Gasteiger partial charge in [-0.15, -0.1) is 0 Å². The van der Waals surface area contributed by atoms with Crippen molar-refractivity contribution in [2.24, 2.45) is 0 Å². The summed E-state index contributed by atoms with van der Waals surface area (Å²) in [5, 5.41) is 4.27. The molecule has 2 N–H and O–H groups in total. The fourth-order valence-electron chi connectivity index (χ4n) is 1.74. The minimum atomic E-state index is -0.611. The summed E-state index contributed by atoms with van der Waals surface area (Å²) in [5.74, 6) is -0.887. The van der Waals surface area contributed by atoms with Gasteiger partial charge >= 0.3 is 5.97 Å². The van der Waals surface area contributed by atoms with Crippen molar-refractivity contribution in [1.82, 2.24) is 4.90 Å². The van der Waals surface area contributed by atoms with Crippen LogP contribution in [-0.2, 0) is 16.1 Å². The van der Waals surface area contributed by atoms with E-state index < -0.39 is 5.97 Å². The van der Waals surface area contributed by atoms with Crippen molar-refractivity contribution in [3.63, 3.8) is 0 Å². The normalized spacial score (nSPS) is 10.3. The summed E-state index contributed by atoms with van der Waals surface area (Å²) in [6, 6.07) is 6.37. The number of carbonyl (C=O) groups is 2. The zero-order valence-electron chi connectivity index (χ0n) is 11.9. The summed E-state index contributed by atoms with van der Waals surface area (Å²) in [7, 11) is 1.66. The topological polar surface area (TPSA) is 72.6 Å². The van der Waals surface area contributed by atoms with Gasteiger partial charge in [0.15, 0.2) is 6.61 Å². The Bertz CT molecular complexity index is 673. The van der Waals surface area contributed by atoms with Gasteiger partial charge in [-0.3, -0.25) is 4.79 Å². The first-order valence-corrected chi connectivity index (χ1v) is 7.76. The van der Waals surface area contributed by atoms with E-state index in [4.69, 9.17) is 22.1 Å². The Kier molecular flexibility index (Phi) is 5.41. The number of anilines is 1. The van der Waals surface area contributed by atoms with E-state index in [-0.39, 0.29) is 23.8 Å². The summed E-state index contributed by atoms with van der Waals surface area (Å²) in [5.41, 5.74) is 7.21. The van der Waals surface area contributed by atoms with Crippen molar-refractivity contribution in [1.29, 1.82) is 0 Å². The molecule has 0 bridgehead atoms. The number of halogens is 1. The molecule has 0 radical (unpaired) electrons. The number of hydrogen-bond donors (Lipinski definition) is 1. The number of amides is 1. The predicted octanol–water partition coefficient (Wildman–Crippen LogP) is 2.80. The Labute approximate surface area is 137 Å². The molecule has 1 amide bonds. The minimum absolute atomic E-state index is 0.259. The average molecular weight is 339 g/mol. The second kappa shape index (κ2) is 7.29. The van der Waals surface area contributed by atoms with E-state index >= 15 is 0 Å². The standard InChI is InChI=1S/C15H15ClN2O3S/c1-18(7-10-4-5-22-9-10)14(19)8-21-15(20)11-2-3-12(16)13(17)6-11/h2-6,9H,7-8,17H2,1H3. The molecule has 0 aliphatic carbocycles. The second-order valence-electron chi connectivity index (χ2n) is 4.69. The highest BCUT2D eigenvalue weighted by Gasteiger charge is 2.14. The van der Waals surface area contributed by atoms with Gasteiger partial charge < -0.3 is 15.4 Å². The summed E-state index contributed by atoms with van der Waals surface area (Å²) >= 11 is 7.35. The molecule has 1 aromatic carbocycles. The quantitative estimate of drug-likeness (QED) is 0.672. The van der Waals surface area contributed by atoms with Crippen LogP contribution < -0.4 is 5.73 Å². The number of thiophene rings is 1. The van der Waals surface area contributed by atoms with Crippen LogP contribution in [-0.4, -0.2) is 30.4 Å². The maximum atomic E-state index is 11.9. The third-order valence-corrected chi connectivity index (χ3v) is 4.06. The number of hydrogen-bond acceptors (Lipinski definition) is 5. The molecule has 7 heteroatoms. The lowest BCUT2D eigenvalue weighted by atomic mass is 10.2. The van der Waals surface area contributed by atoms with E-state index in [1.165, 1.54) is 23.1 Å². The molecule has 2 rings (SSSR count). The smallest absolute Gasteiger partial charge is 0.338 e. The lowest BCUT2D eigenvalue weighted by Gasteiger charge is -2.16. The molecule has 0 unspecified atom stereocenters. The Balaban J connectivity index is 1.87. The summed E-state index contributed by atoms with van der Waals surface area (Å²) in [4.78, 5) is 25.3. The van der Waals surface area contributed by atoms with Crippen LogP contribution in [0.15, 0.2) is 35.0 Å². The first-order valence-electron chi connectivity index (χ1n) is 6.44. The van der Waals surface area contributed by atoms with E-state index in [0.29, 0.717) is 11.6 Å². The van der Waals surface area contributed by atoms with Crippen LogP contribution in [0.1, 0.15) is 15.9 Å². The van der Waals surface area contributed by atoms with Gasteiger partial charge in [0.05, 0.1) is 16.3 Å². The van der Waals surface area contributed by atoms with E-state index in [1.807, 2.05) is 16.8 Å². The third kappa shape index (κ3) is 4.22. The van der Waals surface area contributed by atoms with Gasteiger partial charge in [0.25, 0.3) is 5.91 Å². The fraction of sp³-hybridized carbons (Fsp3) is 0.200. The SMILES string of the molecule is CN(Cc1ccsc1)C(=O)COC(=O)c1ccc(Cl)c(N)c1. The zero-order valence-corrected chi connectivity index (χ0v) is 13.5. The van der Waals surface area contributed by atoms with Gasteiger partial charge in [-0.1, -0.05) is 11.6 Å². The van der Waals surface area contributed by atoms with Crippen LogP contribution in [0.4, 0.5) is 5.69 Å². The largest absolute Gasteiger partial charge is 0.452 e. The van der Waals surface area contributed by atoms with Crippen molar-refractivity contribution in [2.75, 3.05) is 19.4 Å². The summed E-state index contributed by atoms with van der Waals surface area (Å²) in [6.45, 7) is 0.162. The Morgan fingerprint density at radius 3 is 2.77 bits per heavy atom. The molecule has 116 valence electrons. The molecule has 0 spiro atoms. The summed E-state index contributed by atoms with van der Waals surface area (Å²) in [6.07, 6.45) is 0. The number of ether oxygens (including phenoxy) is 1. The number of rotatable bonds is 5. The molecular formula is C15H15ClN2O3S. The van der Waals surface area contributed by atoms with Gasteiger partial charge in [-0.05, 0) is 40.6 Å². The first kappa shape index (κ1) is 16.3. The van der Waals surface area contributed by atoms with E-state index in [2.05, 4.69) is 0 Å². The van der Waals surface area contributed by atoms with Crippen molar-refractivity contribution in [2.45, 2.75) is 6.54 Å². The van der Waals surface area contributed by atoms with Gasteiger partial charge in [0.1, 0.15) is 0 Å². The van der Waals surface area contributed by atoms with Crippen LogP contribution in [0, 0.1) is 0 Å². The highest BCUT2D eigenvalue weighted by atomic mass is 35.5. The van der Waals surface area contributed by atoms with Crippen molar-refractivity contribution < 1.29 is 14.3 Å². The molecule has 0 atom stereocenters. The van der Waals surface area contributed by atoms with Crippen molar-refractivity contribution >= 4 is 40.5 Å². The molecule has 22 heavy (non-hydrogen) atoms. The molecular weight excluding hydrogens is 324 g/mol. The molecule has 2 aromatic rings. The van der Waals surface area contributed by atoms with Crippen LogP contribution in [0.5, 0.6) is 0 Å². The number of nitrogen functional groups attached to an aromatic ring is 1. The molecule has 0 saturated carbocycles. The molecule has 0 aliphatic rings. The fourth-order valence-corrected chi connectivity index (χ4v) is 2.51. The van der Waals surface area contributed by atoms with Gasteiger partial charge in [0, 0.05) is 13.6 Å². The number of nitrogens with zero attached hydrogens (tertiary/aromatic N) is 1. The van der Waals surface area contributed by atoms with Gasteiger partial charge in [-0.25, -0.2) is 4.79 Å². The van der Waals surface area contributed by atoms with E-state index in [1.54, 1.807) is 18.4 Å². The lowest BCUT2D eigenvalue weighted by molar-refractivity contribution is -0.133. The highest BCUT2D eigenvalue weighted by molar-refractivity contribution is 7.07. The van der Waals surface area contributed by atoms with Gasteiger partial charge in [0.2, 0.25) is 0 Å². The number of likely N-dealkylation sites (N-methyl/N-ethyl adjacent to an activating group) is 1. The molecule has 0 fully saturated rings. The monoisotopic (exact) mass is 338 g/mol. The second-order valence-corrected chi connectivity index (χ2v) is 5.88. The molecule has 1 aromatic heterocycles. The van der Waals surface area contributed by atoms with E-state index in [0.717, 1.165) is 5.56 Å². The number of esters is 1.